The SMILES string of the molecule is O=C(Nc1nncs1)c1ccc(Cn2cnc3ccccc3c2=O)o1. The number of hydrogen-bond donors (Lipinski definition) is 1. The Morgan fingerprint density at radius 1 is 1.24 bits per heavy atom. The first-order valence-electron chi connectivity index (χ1n) is 7.31. The highest BCUT2D eigenvalue weighted by atomic mass is 32.1. The number of rotatable bonds is 4. The van der Waals surface area contributed by atoms with Crippen LogP contribution in [0.15, 0.2) is 57.4 Å². The van der Waals surface area contributed by atoms with Crippen molar-refractivity contribution in [1.29, 1.82) is 0 Å². The lowest BCUT2D eigenvalue weighted by Gasteiger charge is -2.04. The fourth-order valence-corrected chi connectivity index (χ4v) is 2.80. The van der Waals surface area contributed by atoms with Gasteiger partial charge in [-0.3, -0.25) is 19.5 Å². The Morgan fingerprint density at radius 2 is 2.12 bits per heavy atom. The molecule has 1 aromatic carbocycles. The number of fused-ring (bicyclic) bond motifs is 1. The summed E-state index contributed by atoms with van der Waals surface area (Å²) in [5, 5.41) is 10.9. The molecule has 9 heteroatoms. The van der Waals surface area contributed by atoms with Gasteiger partial charge in [-0.1, -0.05) is 23.5 Å². The molecule has 0 aliphatic heterocycles. The van der Waals surface area contributed by atoms with Crippen molar-refractivity contribution < 1.29 is 9.21 Å². The number of benzene rings is 1. The van der Waals surface area contributed by atoms with Gasteiger partial charge in [-0.05, 0) is 24.3 Å². The fourth-order valence-electron chi connectivity index (χ4n) is 2.36. The zero-order chi connectivity index (χ0) is 17.2. The highest BCUT2D eigenvalue weighted by Gasteiger charge is 2.14. The van der Waals surface area contributed by atoms with E-state index in [1.165, 1.54) is 27.7 Å². The van der Waals surface area contributed by atoms with Gasteiger partial charge >= 0.3 is 0 Å². The fraction of sp³-hybridized carbons (Fsp3) is 0.0625. The molecule has 8 nitrogen and oxygen atoms in total. The monoisotopic (exact) mass is 353 g/mol. The van der Waals surface area contributed by atoms with Crippen LogP contribution in [0.5, 0.6) is 0 Å². The summed E-state index contributed by atoms with van der Waals surface area (Å²) in [5.41, 5.74) is 1.99. The van der Waals surface area contributed by atoms with Crippen LogP contribution in [0.3, 0.4) is 0 Å². The summed E-state index contributed by atoms with van der Waals surface area (Å²) in [6, 6.07) is 10.3. The second-order valence-corrected chi connectivity index (χ2v) is 5.99. The lowest BCUT2D eigenvalue weighted by Crippen LogP contribution is -2.20. The lowest BCUT2D eigenvalue weighted by atomic mass is 10.2. The van der Waals surface area contributed by atoms with E-state index in [0.29, 0.717) is 21.8 Å². The zero-order valence-corrected chi connectivity index (χ0v) is 13.6. The van der Waals surface area contributed by atoms with Crippen molar-refractivity contribution in [3.05, 3.63) is 70.1 Å². The molecule has 124 valence electrons. The van der Waals surface area contributed by atoms with Crippen LogP contribution in [0.25, 0.3) is 10.9 Å². The summed E-state index contributed by atoms with van der Waals surface area (Å²) in [7, 11) is 0. The molecular weight excluding hydrogens is 342 g/mol. The number of hydrogen-bond acceptors (Lipinski definition) is 7. The summed E-state index contributed by atoms with van der Waals surface area (Å²) in [6.45, 7) is 0.183. The van der Waals surface area contributed by atoms with E-state index < -0.39 is 5.91 Å². The third-order valence-corrected chi connectivity index (χ3v) is 4.13. The van der Waals surface area contributed by atoms with Crippen molar-refractivity contribution in [2.75, 3.05) is 5.32 Å². The van der Waals surface area contributed by atoms with Gasteiger partial charge < -0.3 is 4.42 Å². The van der Waals surface area contributed by atoms with Crippen molar-refractivity contribution in [1.82, 2.24) is 19.7 Å². The summed E-state index contributed by atoms with van der Waals surface area (Å²) in [5.74, 6) is 0.181. The van der Waals surface area contributed by atoms with Gasteiger partial charge in [0.1, 0.15) is 11.3 Å². The second-order valence-electron chi connectivity index (χ2n) is 5.16. The molecule has 0 bridgehead atoms. The Labute approximate surface area is 144 Å². The summed E-state index contributed by atoms with van der Waals surface area (Å²) >= 11 is 1.21. The number of amides is 1. The van der Waals surface area contributed by atoms with Gasteiger partial charge in [0, 0.05) is 0 Å². The highest BCUT2D eigenvalue weighted by Crippen LogP contribution is 2.14. The van der Waals surface area contributed by atoms with Crippen LogP contribution in [0.4, 0.5) is 5.13 Å². The van der Waals surface area contributed by atoms with Gasteiger partial charge in [-0.2, -0.15) is 0 Å². The Kier molecular flexibility index (Phi) is 3.82. The molecule has 1 amide bonds. The molecule has 4 aromatic rings. The van der Waals surface area contributed by atoms with E-state index in [2.05, 4.69) is 20.5 Å². The third kappa shape index (κ3) is 3.04. The molecule has 0 saturated carbocycles. The topological polar surface area (TPSA) is 103 Å². The first kappa shape index (κ1) is 15.2. The number of nitrogens with one attached hydrogen (secondary N) is 1. The first-order chi connectivity index (χ1) is 12.2. The van der Waals surface area contributed by atoms with Crippen LogP contribution in [-0.2, 0) is 6.54 Å². The molecule has 1 N–H and O–H groups in total. The summed E-state index contributed by atoms with van der Waals surface area (Å²) in [4.78, 5) is 28.8. The maximum absolute atomic E-state index is 12.5. The second kappa shape index (κ2) is 6.29. The van der Waals surface area contributed by atoms with Crippen LogP contribution in [0.2, 0.25) is 0 Å². The van der Waals surface area contributed by atoms with Crippen molar-refractivity contribution in [3.8, 4) is 0 Å². The Hall–Kier alpha value is -3.33. The average molecular weight is 353 g/mol. The van der Waals surface area contributed by atoms with Gasteiger partial charge in [0.05, 0.1) is 23.8 Å². The first-order valence-corrected chi connectivity index (χ1v) is 8.19. The van der Waals surface area contributed by atoms with Crippen LogP contribution in [0.1, 0.15) is 16.3 Å². The minimum absolute atomic E-state index is 0.131. The van der Waals surface area contributed by atoms with Gasteiger partial charge in [0.25, 0.3) is 11.5 Å². The number of aromatic nitrogens is 4. The van der Waals surface area contributed by atoms with Crippen molar-refractivity contribution in [2.24, 2.45) is 0 Å². The molecule has 0 unspecified atom stereocenters. The quantitative estimate of drug-likeness (QED) is 0.603. The molecule has 0 saturated heterocycles. The normalized spacial score (nSPS) is 10.9. The number of furan rings is 1. The van der Waals surface area contributed by atoms with Crippen molar-refractivity contribution in [2.45, 2.75) is 6.54 Å². The molecule has 0 fully saturated rings. The minimum atomic E-state index is -0.424. The number of nitrogens with zero attached hydrogens (tertiary/aromatic N) is 4. The molecule has 0 aliphatic rings. The number of carbonyl (C=O) groups excluding carboxylic acids is 1. The molecule has 0 atom stereocenters. The maximum atomic E-state index is 12.5. The number of para-hydroxylation sites is 1. The Morgan fingerprint density at radius 3 is 2.96 bits per heavy atom. The molecule has 25 heavy (non-hydrogen) atoms. The van der Waals surface area contributed by atoms with Crippen molar-refractivity contribution in [3.63, 3.8) is 0 Å². The van der Waals surface area contributed by atoms with Gasteiger partial charge in [0.2, 0.25) is 5.13 Å². The van der Waals surface area contributed by atoms with Crippen LogP contribution >= 0.6 is 11.3 Å². The van der Waals surface area contributed by atoms with E-state index >= 15 is 0 Å². The number of anilines is 1. The van der Waals surface area contributed by atoms with Gasteiger partial charge in [-0.15, -0.1) is 10.2 Å². The Balaban J connectivity index is 1.56. The third-order valence-electron chi connectivity index (χ3n) is 3.52. The minimum Gasteiger partial charge on any atom is -0.454 e. The predicted molar refractivity (Wildman–Crippen MR) is 91.7 cm³/mol. The highest BCUT2D eigenvalue weighted by molar-refractivity contribution is 7.13. The molecular formula is C16H11N5O3S. The van der Waals surface area contributed by atoms with Crippen LogP contribution in [-0.4, -0.2) is 25.7 Å². The largest absolute Gasteiger partial charge is 0.454 e. The molecule has 0 radical (unpaired) electrons. The van der Waals surface area contributed by atoms with Gasteiger partial charge in [0.15, 0.2) is 5.76 Å². The van der Waals surface area contributed by atoms with E-state index in [-0.39, 0.29) is 17.9 Å². The molecule has 0 aliphatic carbocycles. The Bertz CT molecular complexity index is 1100. The average Bonchev–Trinajstić information content (AvgIpc) is 3.29. The molecule has 0 spiro atoms. The summed E-state index contributed by atoms with van der Waals surface area (Å²) in [6.07, 6.45) is 1.47. The van der Waals surface area contributed by atoms with Crippen molar-refractivity contribution >= 4 is 33.3 Å². The zero-order valence-electron chi connectivity index (χ0n) is 12.7. The van der Waals surface area contributed by atoms with Crippen LogP contribution < -0.4 is 10.9 Å². The summed E-state index contributed by atoms with van der Waals surface area (Å²) < 4.78 is 6.96. The maximum Gasteiger partial charge on any atom is 0.293 e. The van der Waals surface area contributed by atoms with Crippen LogP contribution in [0, 0.1) is 0 Å². The molecule has 3 heterocycles. The standard InChI is InChI=1S/C16H11N5O3S/c22-14(19-16-20-18-9-25-16)13-6-5-10(24-13)7-21-8-17-12-4-2-1-3-11(12)15(21)23/h1-6,8-9H,7H2,(H,19,20,22). The predicted octanol–water partition coefficient (Wildman–Crippen LogP) is 2.14. The van der Waals surface area contributed by atoms with E-state index in [4.69, 9.17) is 4.42 Å². The van der Waals surface area contributed by atoms with E-state index in [1.807, 2.05) is 6.07 Å². The molecule has 4 rings (SSSR count). The van der Waals surface area contributed by atoms with E-state index in [9.17, 15) is 9.59 Å². The number of carbonyl (C=O) groups is 1. The smallest absolute Gasteiger partial charge is 0.293 e. The lowest BCUT2D eigenvalue weighted by molar-refractivity contribution is 0.0994. The van der Waals surface area contributed by atoms with Gasteiger partial charge in [-0.25, -0.2) is 4.98 Å². The molecule has 3 aromatic heterocycles. The van der Waals surface area contributed by atoms with E-state index in [0.717, 1.165) is 0 Å². The van der Waals surface area contributed by atoms with E-state index in [1.54, 1.807) is 30.3 Å².